The van der Waals surface area contributed by atoms with Crippen molar-refractivity contribution in [3.63, 3.8) is 0 Å². The molecule has 3 aromatic rings. The van der Waals surface area contributed by atoms with Crippen LogP contribution in [0.1, 0.15) is 28.4 Å². The Labute approximate surface area is 217 Å². The van der Waals surface area contributed by atoms with Crippen LogP contribution in [0.3, 0.4) is 0 Å². The van der Waals surface area contributed by atoms with Gasteiger partial charge in [0, 0.05) is 32.7 Å². The van der Waals surface area contributed by atoms with Crippen LogP contribution in [0.15, 0.2) is 71.6 Å². The molecule has 1 saturated heterocycles. The Hall–Kier alpha value is -3.29. The molecule has 4 rings (SSSR count). The summed E-state index contributed by atoms with van der Waals surface area (Å²) in [7, 11) is -2.31. The zero-order valence-electron chi connectivity index (χ0n) is 20.9. The van der Waals surface area contributed by atoms with Crippen molar-refractivity contribution in [2.45, 2.75) is 24.5 Å². The van der Waals surface area contributed by atoms with Crippen molar-refractivity contribution in [1.82, 2.24) is 9.21 Å². The monoisotopic (exact) mass is 523 g/mol. The van der Waals surface area contributed by atoms with Gasteiger partial charge in [0.05, 0.1) is 31.5 Å². The number of ether oxygens (including phenoxy) is 2. The average molecular weight is 524 g/mol. The number of hydrogen-bond donors (Lipinski definition) is 0. The highest BCUT2D eigenvalue weighted by atomic mass is 32.2. The lowest BCUT2D eigenvalue weighted by molar-refractivity contribution is 0.00762. The first-order valence-electron chi connectivity index (χ1n) is 12.0. The molecule has 37 heavy (non-hydrogen) atoms. The fourth-order valence-corrected chi connectivity index (χ4v) is 5.87. The van der Waals surface area contributed by atoms with Crippen molar-refractivity contribution in [2.75, 3.05) is 39.8 Å². The van der Waals surface area contributed by atoms with E-state index in [1.54, 1.807) is 32.2 Å². The van der Waals surface area contributed by atoms with Gasteiger partial charge in [-0.05, 0) is 60.0 Å². The summed E-state index contributed by atoms with van der Waals surface area (Å²) in [6.07, 6.45) is -0.289. The van der Waals surface area contributed by atoms with E-state index < -0.39 is 15.8 Å². The van der Waals surface area contributed by atoms with Gasteiger partial charge in [0.25, 0.3) is 0 Å². The predicted molar refractivity (Wildman–Crippen MR) is 138 cm³/mol. The van der Waals surface area contributed by atoms with E-state index >= 15 is 0 Å². The molecule has 3 aromatic carbocycles. The van der Waals surface area contributed by atoms with Gasteiger partial charge in [-0.2, -0.15) is 9.57 Å². The van der Waals surface area contributed by atoms with Gasteiger partial charge in [0.15, 0.2) is 0 Å². The first kappa shape index (κ1) is 26.8. The van der Waals surface area contributed by atoms with Gasteiger partial charge >= 0.3 is 0 Å². The molecular weight excluding hydrogens is 493 g/mol. The number of nitrogens with zero attached hydrogens (tertiary/aromatic N) is 3. The Morgan fingerprint density at radius 2 is 1.76 bits per heavy atom. The van der Waals surface area contributed by atoms with Gasteiger partial charge in [-0.15, -0.1) is 0 Å². The zero-order valence-corrected chi connectivity index (χ0v) is 21.7. The third kappa shape index (κ3) is 6.53. The highest BCUT2D eigenvalue weighted by molar-refractivity contribution is 7.89. The summed E-state index contributed by atoms with van der Waals surface area (Å²) < 4.78 is 53.6. The number of rotatable bonds is 9. The van der Waals surface area contributed by atoms with Crippen molar-refractivity contribution in [1.29, 1.82) is 5.26 Å². The molecule has 1 aliphatic heterocycles. The number of halogens is 1. The normalized spacial score (nSPS) is 15.7. The molecule has 7 nitrogen and oxygen atoms in total. The molecule has 0 aromatic heterocycles. The van der Waals surface area contributed by atoms with Gasteiger partial charge in [-0.25, -0.2) is 12.8 Å². The molecule has 0 radical (unpaired) electrons. The maximum atomic E-state index is 14.3. The van der Waals surface area contributed by atoms with Crippen molar-refractivity contribution >= 4 is 10.0 Å². The average Bonchev–Trinajstić information content (AvgIpc) is 2.92. The first-order chi connectivity index (χ1) is 17.8. The molecule has 0 spiro atoms. The summed E-state index contributed by atoms with van der Waals surface area (Å²) in [6.45, 7) is 4.16. The maximum absolute atomic E-state index is 14.3. The molecule has 0 saturated carbocycles. The Kier molecular flexibility index (Phi) is 8.56. The minimum Gasteiger partial charge on any atom is -0.497 e. The second kappa shape index (κ2) is 11.8. The Morgan fingerprint density at radius 3 is 2.43 bits per heavy atom. The first-order valence-corrected chi connectivity index (χ1v) is 13.5. The predicted octanol–water partition coefficient (Wildman–Crippen LogP) is 4.28. The molecule has 194 valence electrons. The van der Waals surface area contributed by atoms with Crippen LogP contribution in [0, 0.1) is 24.1 Å². The minimum absolute atomic E-state index is 0.260. The zero-order chi connectivity index (χ0) is 26.4. The fraction of sp³-hybridized carbons (Fsp3) is 0.321. The number of nitriles is 1. The van der Waals surface area contributed by atoms with E-state index in [1.807, 2.05) is 36.4 Å². The summed E-state index contributed by atoms with van der Waals surface area (Å²) in [5.41, 5.74) is 3.18. The molecule has 0 N–H and O–H groups in total. The number of benzene rings is 3. The Morgan fingerprint density at radius 1 is 1.03 bits per heavy atom. The van der Waals surface area contributed by atoms with Gasteiger partial charge in [0.1, 0.15) is 16.5 Å². The summed E-state index contributed by atoms with van der Waals surface area (Å²) in [5.74, 6) is -0.0112. The minimum atomic E-state index is -3.92. The lowest BCUT2D eigenvalue weighted by atomic mass is 10.1. The molecule has 1 fully saturated rings. The number of hydrogen-bond acceptors (Lipinski definition) is 6. The summed E-state index contributed by atoms with van der Waals surface area (Å²) in [6, 6.07) is 21.2. The molecule has 0 aliphatic carbocycles. The lowest BCUT2D eigenvalue weighted by Crippen LogP contribution is -2.49. The molecule has 0 amide bonds. The standard InChI is InChI=1S/C28H30FN3O4S/c1-21-6-11-26(29)28(16-21)37(33,34)32-14-12-31(13-15-32)19-27(24-4-3-5-25(17-24)35-2)36-20-23-9-7-22(18-30)8-10-23/h3-11,16-17,27H,12-15,19-20H2,1-2H3/t27-/m1/s1. The summed E-state index contributed by atoms with van der Waals surface area (Å²) >= 11 is 0. The maximum Gasteiger partial charge on any atom is 0.246 e. The van der Waals surface area contributed by atoms with Crippen LogP contribution in [-0.4, -0.2) is 57.5 Å². The quantitative estimate of drug-likeness (QED) is 0.416. The van der Waals surface area contributed by atoms with E-state index in [-0.39, 0.29) is 24.1 Å². The van der Waals surface area contributed by atoms with Crippen LogP contribution in [0.5, 0.6) is 5.75 Å². The molecule has 1 atom stereocenters. The van der Waals surface area contributed by atoms with Crippen molar-refractivity contribution < 1.29 is 22.3 Å². The van der Waals surface area contributed by atoms with Gasteiger partial charge in [0.2, 0.25) is 10.0 Å². The van der Waals surface area contributed by atoms with Crippen LogP contribution >= 0.6 is 0 Å². The molecule has 0 unspecified atom stereocenters. The second-order valence-electron chi connectivity index (χ2n) is 9.02. The van der Waals surface area contributed by atoms with Crippen molar-refractivity contribution in [2.24, 2.45) is 0 Å². The van der Waals surface area contributed by atoms with Crippen LogP contribution < -0.4 is 4.74 Å². The van der Waals surface area contributed by atoms with Crippen LogP contribution in [0.2, 0.25) is 0 Å². The smallest absolute Gasteiger partial charge is 0.246 e. The lowest BCUT2D eigenvalue weighted by Gasteiger charge is -2.36. The fourth-order valence-electron chi connectivity index (χ4n) is 4.30. The topological polar surface area (TPSA) is 82.9 Å². The van der Waals surface area contributed by atoms with Crippen LogP contribution in [0.25, 0.3) is 0 Å². The van der Waals surface area contributed by atoms with Crippen LogP contribution in [-0.2, 0) is 21.4 Å². The highest BCUT2D eigenvalue weighted by Crippen LogP contribution is 2.26. The van der Waals surface area contributed by atoms with Crippen molar-refractivity contribution in [3.8, 4) is 11.8 Å². The number of sulfonamides is 1. The second-order valence-corrected chi connectivity index (χ2v) is 10.9. The third-order valence-corrected chi connectivity index (χ3v) is 8.37. The summed E-state index contributed by atoms with van der Waals surface area (Å²) in [4.78, 5) is 1.88. The number of piperazine rings is 1. The van der Waals surface area contributed by atoms with Gasteiger partial charge in [-0.1, -0.05) is 30.3 Å². The van der Waals surface area contributed by atoms with Crippen LogP contribution in [0.4, 0.5) is 4.39 Å². The Bertz CT molecular complexity index is 1360. The molecule has 1 aliphatic rings. The van der Waals surface area contributed by atoms with Gasteiger partial charge in [-0.3, -0.25) is 4.90 Å². The van der Waals surface area contributed by atoms with E-state index in [9.17, 15) is 12.8 Å². The third-order valence-electron chi connectivity index (χ3n) is 6.46. The molecule has 1 heterocycles. The van der Waals surface area contributed by atoms with E-state index in [4.69, 9.17) is 14.7 Å². The van der Waals surface area contributed by atoms with Gasteiger partial charge < -0.3 is 9.47 Å². The van der Waals surface area contributed by atoms with E-state index in [1.165, 1.54) is 16.4 Å². The number of aryl methyl sites for hydroxylation is 1. The van der Waals surface area contributed by atoms with E-state index in [0.29, 0.717) is 37.4 Å². The highest BCUT2D eigenvalue weighted by Gasteiger charge is 2.31. The number of methoxy groups -OCH3 is 1. The van der Waals surface area contributed by atoms with Crippen molar-refractivity contribution in [3.05, 3.63) is 94.8 Å². The van der Waals surface area contributed by atoms with E-state index in [0.717, 1.165) is 16.9 Å². The SMILES string of the molecule is COc1cccc([C@@H](CN2CCN(S(=O)(=O)c3cc(C)ccc3F)CC2)OCc2ccc(C#N)cc2)c1. The Balaban J connectivity index is 1.45. The largest absolute Gasteiger partial charge is 0.497 e. The molecule has 0 bridgehead atoms. The molecule has 9 heteroatoms. The van der Waals surface area contributed by atoms with E-state index in [2.05, 4.69) is 11.0 Å². The molecular formula is C28H30FN3O4S. The summed E-state index contributed by atoms with van der Waals surface area (Å²) in [5, 5.41) is 9.03.